The van der Waals surface area contributed by atoms with E-state index in [-0.39, 0.29) is 4.90 Å². The molecule has 0 atom stereocenters. The Bertz CT molecular complexity index is 557. The maximum absolute atomic E-state index is 12.3. The molecule has 0 unspecified atom stereocenters. The Morgan fingerprint density at radius 2 is 1.81 bits per heavy atom. The van der Waals surface area contributed by atoms with Gasteiger partial charge in [-0.1, -0.05) is 0 Å². The van der Waals surface area contributed by atoms with Gasteiger partial charge in [0.2, 0.25) is 10.0 Å². The van der Waals surface area contributed by atoms with Crippen LogP contribution in [0.4, 0.5) is 0 Å². The first-order chi connectivity index (χ1) is 9.96. The zero-order valence-electron chi connectivity index (χ0n) is 12.9. The zero-order chi connectivity index (χ0) is 15.9. The molecule has 0 radical (unpaired) electrons. The molecule has 1 N–H and O–H groups in total. The first-order valence-electron chi connectivity index (χ1n) is 6.76. The summed E-state index contributed by atoms with van der Waals surface area (Å²) in [6, 6.07) is 3.12. The number of methoxy groups -OCH3 is 2. The number of rotatable bonds is 9. The van der Waals surface area contributed by atoms with Crippen LogP contribution in [0.5, 0.6) is 11.5 Å². The standard InChI is InChI=1S/C14H23NO5S/c1-5-20-8-6-7-15-21(16,17)14-10-12(18-3)11(2)9-13(14)19-4/h9-10,15H,5-8H2,1-4H3. The molecule has 0 saturated carbocycles. The topological polar surface area (TPSA) is 73.9 Å². The molecule has 0 aromatic heterocycles. The van der Waals surface area contributed by atoms with Gasteiger partial charge in [-0.15, -0.1) is 0 Å². The van der Waals surface area contributed by atoms with Crippen LogP contribution in [0.25, 0.3) is 0 Å². The summed E-state index contributed by atoms with van der Waals surface area (Å²) in [6.07, 6.45) is 0.610. The monoisotopic (exact) mass is 317 g/mol. The van der Waals surface area contributed by atoms with Crippen molar-refractivity contribution in [1.82, 2.24) is 4.72 Å². The lowest BCUT2D eigenvalue weighted by molar-refractivity contribution is 0.146. The van der Waals surface area contributed by atoms with Crippen molar-refractivity contribution in [3.8, 4) is 11.5 Å². The molecule has 1 rings (SSSR count). The second-order valence-electron chi connectivity index (χ2n) is 4.42. The average Bonchev–Trinajstić information content (AvgIpc) is 2.46. The number of nitrogens with one attached hydrogen (secondary N) is 1. The number of sulfonamides is 1. The van der Waals surface area contributed by atoms with Crippen LogP contribution >= 0.6 is 0 Å². The van der Waals surface area contributed by atoms with Gasteiger partial charge in [0.1, 0.15) is 16.4 Å². The highest BCUT2D eigenvalue weighted by Crippen LogP contribution is 2.31. The molecule has 0 aliphatic rings. The number of hydrogen-bond acceptors (Lipinski definition) is 5. The number of benzene rings is 1. The highest BCUT2D eigenvalue weighted by molar-refractivity contribution is 7.89. The van der Waals surface area contributed by atoms with E-state index in [2.05, 4.69) is 4.72 Å². The summed E-state index contributed by atoms with van der Waals surface area (Å²) in [6.45, 7) is 5.17. The van der Waals surface area contributed by atoms with Crippen LogP contribution in [-0.4, -0.2) is 42.4 Å². The van der Waals surface area contributed by atoms with Gasteiger partial charge in [-0.05, 0) is 31.9 Å². The lowest BCUT2D eigenvalue weighted by Gasteiger charge is -2.14. The van der Waals surface area contributed by atoms with Gasteiger partial charge < -0.3 is 14.2 Å². The third kappa shape index (κ3) is 4.87. The highest BCUT2D eigenvalue weighted by atomic mass is 32.2. The number of ether oxygens (including phenoxy) is 3. The molecule has 0 bridgehead atoms. The second-order valence-corrected chi connectivity index (χ2v) is 6.16. The molecule has 0 aliphatic heterocycles. The van der Waals surface area contributed by atoms with E-state index in [1.807, 2.05) is 13.8 Å². The summed E-state index contributed by atoms with van der Waals surface area (Å²) >= 11 is 0. The minimum Gasteiger partial charge on any atom is -0.496 e. The van der Waals surface area contributed by atoms with Crippen molar-refractivity contribution in [1.29, 1.82) is 0 Å². The lowest BCUT2D eigenvalue weighted by Crippen LogP contribution is -2.26. The third-order valence-electron chi connectivity index (χ3n) is 2.93. The van der Waals surface area contributed by atoms with Gasteiger partial charge in [0.15, 0.2) is 0 Å². The van der Waals surface area contributed by atoms with Crippen molar-refractivity contribution in [3.63, 3.8) is 0 Å². The van der Waals surface area contributed by atoms with Crippen LogP contribution < -0.4 is 14.2 Å². The molecular formula is C14H23NO5S. The Kier molecular flexibility index (Phi) is 6.94. The van der Waals surface area contributed by atoms with Crippen LogP contribution in [0.3, 0.4) is 0 Å². The molecule has 0 saturated heterocycles. The molecule has 0 aliphatic carbocycles. The van der Waals surface area contributed by atoms with E-state index in [4.69, 9.17) is 14.2 Å². The summed E-state index contributed by atoms with van der Waals surface area (Å²) in [7, 11) is -0.710. The van der Waals surface area contributed by atoms with E-state index in [1.54, 1.807) is 6.07 Å². The van der Waals surface area contributed by atoms with E-state index in [1.165, 1.54) is 20.3 Å². The van der Waals surface area contributed by atoms with Gasteiger partial charge in [0.25, 0.3) is 0 Å². The summed E-state index contributed by atoms with van der Waals surface area (Å²) in [5.74, 6) is 0.802. The fourth-order valence-electron chi connectivity index (χ4n) is 1.84. The molecule has 1 aromatic carbocycles. The molecule has 0 fully saturated rings. The summed E-state index contributed by atoms with van der Waals surface area (Å²) in [5, 5.41) is 0. The van der Waals surface area contributed by atoms with Crippen LogP contribution in [-0.2, 0) is 14.8 Å². The molecule has 21 heavy (non-hydrogen) atoms. The summed E-state index contributed by atoms with van der Waals surface area (Å²) < 4.78 is 42.7. The smallest absolute Gasteiger partial charge is 0.244 e. The molecule has 1 aromatic rings. The zero-order valence-corrected chi connectivity index (χ0v) is 13.7. The maximum Gasteiger partial charge on any atom is 0.244 e. The Labute approximate surface area is 126 Å². The van der Waals surface area contributed by atoms with Crippen LogP contribution in [0.2, 0.25) is 0 Å². The van der Waals surface area contributed by atoms with Crippen molar-refractivity contribution in [3.05, 3.63) is 17.7 Å². The predicted molar refractivity (Wildman–Crippen MR) is 80.6 cm³/mol. The Morgan fingerprint density at radius 1 is 1.14 bits per heavy atom. The van der Waals surface area contributed by atoms with E-state index >= 15 is 0 Å². The predicted octanol–water partition coefficient (Wildman–Crippen LogP) is 1.72. The van der Waals surface area contributed by atoms with Crippen molar-refractivity contribution >= 4 is 10.0 Å². The van der Waals surface area contributed by atoms with Crippen LogP contribution in [0.1, 0.15) is 18.9 Å². The fraction of sp³-hybridized carbons (Fsp3) is 0.571. The quantitative estimate of drug-likeness (QED) is 0.702. The van der Waals surface area contributed by atoms with Gasteiger partial charge in [-0.3, -0.25) is 0 Å². The van der Waals surface area contributed by atoms with Gasteiger partial charge in [0.05, 0.1) is 14.2 Å². The first-order valence-corrected chi connectivity index (χ1v) is 8.24. The minimum atomic E-state index is -3.65. The number of aryl methyl sites for hydroxylation is 1. The summed E-state index contributed by atoms with van der Waals surface area (Å²) in [4.78, 5) is 0.0730. The second kappa shape index (κ2) is 8.21. The van der Waals surface area contributed by atoms with Crippen molar-refractivity contribution in [2.75, 3.05) is 34.0 Å². The van der Waals surface area contributed by atoms with Crippen LogP contribution in [0, 0.1) is 6.92 Å². The van der Waals surface area contributed by atoms with Crippen molar-refractivity contribution in [2.45, 2.75) is 25.2 Å². The van der Waals surface area contributed by atoms with E-state index in [9.17, 15) is 8.42 Å². The largest absolute Gasteiger partial charge is 0.496 e. The van der Waals surface area contributed by atoms with E-state index in [0.717, 1.165) is 5.56 Å². The fourth-order valence-corrected chi connectivity index (χ4v) is 3.07. The SMILES string of the molecule is CCOCCCNS(=O)(=O)c1cc(OC)c(C)cc1OC. The van der Waals surface area contributed by atoms with Crippen LogP contribution in [0.15, 0.2) is 17.0 Å². The molecule has 7 heteroatoms. The Hall–Kier alpha value is -1.31. The molecule has 120 valence electrons. The Morgan fingerprint density at radius 3 is 2.38 bits per heavy atom. The van der Waals surface area contributed by atoms with Gasteiger partial charge in [-0.25, -0.2) is 13.1 Å². The molecule has 6 nitrogen and oxygen atoms in total. The van der Waals surface area contributed by atoms with Crippen molar-refractivity contribution in [2.24, 2.45) is 0 Å². The molecule has 0 amide bonds. The average molecular weight is 317 g/mol. The first kappa shape index (κ1) is 17.7. The van der Waals surface area contributed by atoms with Crippen molar-refractivity contribution < 1.29 is 22.6 Å². The summed E-state index contributed by atoms with van der Waals surface area (Å²) in [5.41, 5.74) is 0.810. The third-order valence-corrected chi connectivity index (χ3v) is 4.41. The lowest BCUT2D eigenvalue weighted by atomic mass is 10.2. The van der Waals surface area contributed by atoms with Gasteiger partial charge >= 0.3 is 0 Å². The van der Waals surface area contributed by atoms with E-state index < -0.39 is 10.0 Å². The molecule has 0 spiro atoms. The van der Waals surface area contributed by atoms with Gasteiger partial charge in [0, 0.05) is 25.8 Å². The normalized spacial score (nSPS) is 11.4. The highest BCUT2D eigenvalue weighted by Gasteiger charge is 2.21. The molecular weight excluding hydrogens is 294 g/mol. The Balaban J connectivity index is 2.91. The minimum absolute atomic E-state index is 0.0730. The molecule has 0 heterocycles. The number of hydrogen-bond donors (Lipinski definition) is 1. The van der Waals surface area contributed by atoms with E-state index in [0.29, 0.717) is 37.7 Å². The van der Waals surface area contributed by atoms with Gasteiger partial charge in [-0.2, -0.15) is 0 Å². The maximum atomic E-state index is 12.3.